The Bertz CT molecular complexity index is 1260. The van der Waals surface area contributed by atoms with Crippen LogP contribution in [0.25, 0.3) is 0 Å². The smallest absolute Gasteiger partial charge is 0.243 e. The average Bonchev–Trinajstić information content (AvgIpc) is 2.76. The Morgan fingerprint density at radius 3 is 2.33 bits per heavy atom. The molecule has 33 heavy (non-hydrogen) atoms. The molecule has 0 radical (unpaired) electrons. The van der Waals surface area contributed by atoms with Crippen molar-refractivity contribution in [2.75, 3.05) is 11.9 Å². The summed E-state index contributed by atoms with van der Waals surface area (Å²) in [6.45, 7) is 5.42. The minimum atomic E-state index is -3.95. The van der Waals surface area contributed by atoms with Crippen LogP contribution in [0.2, 0.25) is 5.02 Å². The lowest BCUT2D eigenvalue weighted by molar-refractivity contribution is -0.116. The van der Waals surface area contributed by atoms with Gasteiger partial charge in [-0.3, -0.25) is 4.79 Å². The van der Waals surface area contributed by atoms with Gasteiger partial charge in [0.05, 0.1) is 11.4 Å². The first kappa shape index (κ1) is 25.4. The molecule has 0 saturated carbocycles. The van der Waals surface area contributed by atoms with E-state index in [4.69, 9.17) is 11.6 Å². The van der Waals surface area contributed by atoms with Crippen LogP contribution in [0.1, 0.15) is 29.2 Å². The Hall–Kier alpha value is -2.19. The molecule has 8 heteroatoms. The molecule has 0 spiro atoms. The van der Waals surface area contributed by atoms with Crippen LogP contribution in [-0.4, -0.2) is 25.2 Å². The molecule has 174 valence electrons. The lowest BCUT2D eigenvalue weighted by Crippen LogP contribution is -2.37. The van der Waals surface area contributed by atoms with Gasteiger partial charge in [-0.15, -0.1) is 0 Å². The summed E-state index contributed by atoms with van der Waals surface area (Å²) < 4.78 is 29.0. The zero-order chi connectivity index (χ0) is 24.2. The highest BCUT2D eigenvalue weighted by atomic mass is 79.9. The van der Waals surface area contributed by atoms with Gasteiger partial charge < -0.3 is 5.32 Å². The highest BCUT2D eigenvalue weighted by Gasteiger charge is 2.28. The summed E-state index contributed by atoms with van der Waals surface area (Å²) in [5, 5.41) is 3.37. The second kappa shape index (κ2) is 10.8. The van der Waals surface area contributed by atoms with E-state index in [0.29, 0.717) is 16.3 Å². The number of anilines is 1. The van der Waals surface area contributed by atoms with Gasteiger partial charge in [-0.05, 0) is 67.3 Å². The number of sulfonamides is 1. The van der Waals surface area contributed by atoms with Crippen LogP contribution in [0.4, 0.5) is 5.69 Å². The van der Waals surface area contributed by atoms with Gasteiger partial charge >= 0.3 is 0 Å². The molecule has 0 bridgehead atoms. The molecule has 0 aliphatic rings. The molecule has 1 amide bonds. The van der Waals surface area contributed by atoms with Gasteiger partial charge in [0.1, 0.15) is 0 Å². The Balaban J connectivity index is 1.94. The van der Waals surface area contributed by atoms with Crippen molar-refractivity contribution in [2.45, 2.75) is 38.6 Å². The van der Waals surface area contributed by atoms with Crippen molar-refractivity contribution in [1.29, 1.82) is 0 Å². The van der Waals surface area contributed by atoms with E-state index in [2.05, 4.69) is 21.2 Å². The monoisotopic (exact) mass is 548 g/mol. The Morgan fingerprint density at radius 2 is 1.70 bits per heavy atom. The number of halogens is 2. The van der Waals surface area contributed by atoms with Crippen LogP contribution in [0.5, 0.6) is 0 Å². The molecule has 0 saturated heterocycles. The molecule has 0 aromatic heterocycles. The Labute approximate surface area is 209 Å². The van der Waals surface area contributed by atoms with Crippen LogP contribution < -0.4 is 5.32 Å². The maximum atomic E-state index is 13.5. The summed E-state index contributed by atoms with van der Waals surface area (Å²) in [5.74, 6) is -0.419. The van der Waals surface area contributed by atoms with Crippen molar-refractivity contribution < 1.29 is 13.2 Å². The Kier molecular flexibility index (Phi) is 8.34. The van der Waals surface area contributed by atoms with Crippen molar-refractivity contribution in [3.05, 3.63) is 92.4 Å². The minimum Gasteiger partial charge on any atom is -0.324 e. The zero-order valence-corrected chi connectivity index (χ0v) is 21.9. The number of hydrogen-bond acceptors (Lipinski definition) is 3. The maximum Gasteiger partial charge on any atom is 0.243 e. The number of benzene rings is 3. The lowest BCUT2D eigenvalue weighted by atomic mass is 10.1. The summed E-state index contributed by atoms with van der Waals surface area (Å²) in [6.07, 6.45) is 0.723. The first-order chi connectivity index (χ1) is 15.6. The van der Waals surface area contributed by atoms with Crippen molar-refractivity contribution >= 4 is 49.1 Å². The first-order valence-corrected chi connectivity index (χ1v) is 13.1. The number of aryl methyl sites for hydroxylation is 3. The largest absolute Gasteiger partial charge is 0.324 e. The summed E-state index contributed by atoms with van der Waals surface area (Å²) in [5.41, 5.74) is 4.14. The number of carbonyl (C=O) groups excluding carboxylic acids is 1. The summed E-state index contributed by atoms with van der Waals surface area (Å²) >= 11 is 9.78. The van der Waals surface area contributed by atoms with Gasteiger partial charge in [0.15, 0.2) is 0 Å². The summed E-state index contributed by atoms with van der Waals surface area (Å²) in [6, 6.07) is 17.5. The molecule has 3 aromatic carbocycles. The topological polar surface area (TPSA) is 66.5 Å². The molecule has 0 atom stereocenters. The van der Waals surface area contributed by atoms with Gasteiger partial charge in [-0.1, -0.05) is 70.3 Å². The molecule has 0 heterocycles. The lowest BCUT2D eigenvalue weighted by Gasteiger charge is -2.23. The second-order valence-electron chi connectivity index (χ2n) is 7.84. The summed E-state index contributed by atoms with van der Waals surface area (Å²) in [7, 11) is -3.95. The third-order valence-corrected chi connectivity index (χ3v) is 7.94. The van der Waals surface area contributed by atoms with Crippen molar-refractivity contribution in [1.82, 2.24) is 4.31 Å². The van der Waals surface area contributed by atoms with Crippen molar-refractivity contribution in [3.63, 3.8) is 0 Å². The number of nitrogens with zero attached hydrogens (tertiary/aromatic N) is 1. The van der Waals surface area contributed by atoms with E-state index in [1.807, 2.05) is 32.9 Å². The fraction of sp³-hybridized carbons (Fsp3) is 0.240. The van der Waals surface area contributed by atoms with E-state index in [1.54, 1.807) is 48.5 Å². The van der Waals surface area contributed by atoms with E-state index in [1.165, 1.54) is 0 Å². The molecular weight excluding hydrogens is 524 g/mol. The van der Waals surface area contributed by atoms with Crippen LogP contribution in [0.3, 0.4) is 0 Å². The van der Waals surface area contributed by atoms with E-state index >= 15 is 0 Å². The van der Waals surface area contributed by atoms with Gasteiger partial charge in [-0.25, -0.2) is 8.42 Å². The van der Waals surface area contributed by atoms with Crippen LogP contribution in [0, 0.1) is 13.8 Å². The normalized spacial score (nSPS) is 11.6. The highest BCUT2D eigenvalue weighted by molar-refractivity contribution is 9.10. The molecule has 0 unspecified atom stereocenters. The molecule has 0 fully saturated rings. The number of nitrogens with one attached hydrogen (secondary N) is 1. The van der Waals surface area contributed by atoms with Crippen LogP contribution >= 0.6 is 27.5 Å². The van der Waals surface area contributed by atoms with Crippen LogP contribution in [0.15, 0.2) is 70.0 Å². The first-order valence-electron chi connectivity index (χ1n) is 10.5. The van der Waals surface area contributed by atoms with Crippen molar-refractivity contribution in [3.8, 4) is 0 Å². The average molecular weight is 550 g/mol. The standard InChI is InChI=1S/C25H26BrClN2O3S/c1-4-19-14-21(26)13-18(3)25(19)28-24(30)16-29(15-20-7-5-6-8-23(20)27)33(31,32)22-11-9-17(2)10-12-22/h5-14H,4,15-16H2,1-3H3,(H,28,30). The van der Waals surface area contributed by atoms with E-state index in [0.717, 1.165) is 31.9 Å². The minimum absolute atomic E-state index is 0.0245. The number of carbonyl (C=O) groups is 1. The summed E-state index contributed by atoms with van der Waals surface area (Å²) in [4.78, 5) is 13.2. The number of amides is 1. The fourth-order valence-corrected chi connectivity index (χ4v) is 5.70. The van der Waals surface area contributed by atoms with Gasteiger partial charge in [0, 0.05) is 21.7 Å². The van der Waals surface area contributed by atoms with E-state index < -0.39 is 15.9 Å². The fourth-order valence-electron chi connectivity index (χ4n) is 3.51. The predicted molar refractivity (Wildman–Crippen MR) is 137 cm³/mol. The SMILES string of the molecule is CCc1cc(Br)cc(C)c1NC(=O)CN(Cc1ccccc1Cl)S(=O)(=O)c1ccc(C)cc1. The molecule has 0 aliphatic carbocycles. The van der Waals surface area contributed by atoms with Crippen LogP contribution in [-0.2, 0) is 27.8 Å². The van der Waals surface area contributed by atoms with Gasteiger partial charge in [0.25, 0.3) is 0 Å². The maximum absolute atomic E-state index is 13.5. The number of rotatable bonds is 8. The molecule has 1 N–H and O–H groups in total. The quantitative estimate of drug-likeness (QED) is 0.369. The molecule has 3 rings (SSSR count). The molecular formula is C25H26BrClN2O3S. The predicted octanol–water partition coefficient (Wildman–Crippen LogP) is 6.11. The molecule has 3 aromatic rings. The third kappa shape index (κ3) is 6.23. The third-order valence-electron chi connectivity index (χ3n) is 5.31. The number of hydrogen-bond donors (Lipinski definition) is 1. The van der Waals surface area contributed by atoms with E-state index in [-0.39, 0.29) is 18.0 Å². The second-order valence-corrected chi connectivity index (χ2v) is 11.1. The van der Waals surface area contributed by atoms with Gasteiger partial charge in [0.2, 0.25) is 15.9 Å². The highest BCUT2D eigenvalue weighted by Crippen LogP contribution is 2.27. The van der Waals surface area contributed by atoms with E-state index in [9.17, 15) is 13.2 Å². The van der Waals surface area contributed by atoms with Gasteiger partial charge in [-0.2, -0.15) is 4.31 Å². The molecule has 0 aliphatic heterocycles. The Morgan fingerprint density at radius 1 is 1.03 bits per heavy atom. The zero-order valence-electron chi connectivity index (χ0n) is 18.7. The van der Waals surface area contributed by atoms with Crippen molar-refractivity contribution in [2.24, 2.45) is 0 Å². The molecule has 5 nitrogen and oxygen atoms in total.